The van der Waals surface area contributed by atoms with Crippen molar-refractivity contribution >= 4 is 0 Å². The monoisotopic (exact) mass is 251 g/mol. The van der Waals surface area contributed by atoms with Gasteiger partial charge in [-0.1, -0.05) is 53.4 Å². The third-order valence-corrected chi connectivity index (χ3v) is 4.88. The lowest BCUT2D eigenvalue weighted by atomic mass is 9.63. The van der Waals surface area contributed by atoms with Crippen LogP contribution in [0.15, 0.2) is 0 Å². The largest absolute Gasteiger partial charge is 0.311 e. The van der Waals surface area contributed by atoms with Gasteiger partial charge in [0.1, 0.15) is 0 Å². The van der Waals surface area contributed by atoms with E-state index in [2.05, 4.69) is 33.0 Å². The van der Waals surface area contributed by atoms with Gasteiger partial charge in [-0.2, -0.15) is 0 Å². The van der Waals surface area contributed by atoms with Crippen LogP contribution >= 0.6 is 0 Å². The molecule has 0 aromatic heterocycles. The van der Waals surface area contributed by atoms with Gasteiger partial charge in [0.2, 0.25) is 0 Å². The normalized spacial score (nSPS) is 30.0. The molecule has 0 aromatic rings. The molecule has 0 atom stereocenters. The van der Waals surface area contributed by atoms with Gasteiger partial charge in [-0.3, -0.25) is 0 Å². The summed E-state index contributed by atoms with van der Waals surface area (Å²) in [5.41, 5.74) is 1.04. The van der Waals surface area contributed by atoms with Gasteiger partial charge in [-0.25, -0.2) is 0 Å². The Kier molecular flexibility index (Phi) is 4.41. The van der Waals surface area contributed by atoms with Gasteiger partial charge in [0.05, 0.1) is 0 Å². The van der Waals surface area contributed by atoms with Crippen LogP contribution in [0.3, 0.4) is 0 Å². The molecular formula is C17H33N. The highest BCUT2D eigenvalue weighted by Crippen LogP contribution is 2.45. The Hall–Kier alpha value is -0.0400. The topological polar surface area (TPSA) is 12.0 Å². The molecule has 0 unspecified atom stereocenters. The first kappa shape index (κ1) is 14.4. The maximum Gasteiger partial charge on any atom is 0.00798 e. The highest BCUT2D eigenvalue weighted by Gasteiger charge is 2.38. The average Bonchev–Trinajstić information content (AvgIpc) is 2.40. The molecule has 1 heteroatoms. The van der Waals surface area contributed by atoms with Crippen LogP contribution in [0.25, 0.3) is 0 Å². The molecule has 2 saturated carbocycles. The van der Waals surface area contributed by atoms with E-state index in [4.69, 9.17) is 0 Å². The van der Waals surface area contributed by atoms with E-state index in [-0.39, 0.29) is 0 Å². The molecule has 0 spiro atoms. The predicted octanol–water partition coefficient (Wildman–Crippen LogP) is 4.90. The second kappa shape index (κ2) is 5.53. The minimum atomic E-state index is 0.518. The zero-order chi connectivity index (χ0) is 13.2. The van der Waals surface area contributed by atoms with Gasteiger partial charge in [0.15, 0.2) is 0 Å². The molecule has 0 aromatic carbocycles. The maximum absolute atomic E-state index is 4.01. The third kappa shape index (κ3) is 4.26. The lowest BCUT2D eigenvalue weighted by Gasteiger charge is -2.46. The summed E-state index contributed by atoms with van der Waals surface area (Å²) < 4.78 is 0. The zero-order valence-corrected chi connectivity index (χ0v) is 13.0. The molecule has 0 saturated heterocycles. The Morgan fingerprint density at radius 3 is 1.72 bits per heavy atom. The number of nitrogens with one attached hydrogen (secondary N) is 1. The van der Waals surface area contributed by atoms with Crippen molar-refractivity contribution in [2.24, 2.45) is 10.8 Å². The van der Waals surface area contributed by atoms with Gasteiger partial charge < -0.3 is 5.32 Å². The SMILES string of the molecule is CC1(C)CC(NC2CCCCCC2)CC(C)(C)C1. The Morgan fingerprint density at radius 2 is 1.22 bits per heavy atom. The van der Waals surface area contributed by atoms with Gasteiger partial charge in [0.25, 0.3) is 0 Å². The first-order valence-electron chi connectivity index (χ1n) is 8.12. The standard InChI is InChI=1S/C17H33N/c1-16(2)11-15(12-17(3,4)13-16)18-14-9-7-5-6-8-10-14/h14-15,18H,5-13H2,1-4H3. The summed E-state index contributed by atoms with van der Waals surface area (Å²) >= 11 is 0. The average molecular weight is 251 g/mol. The smallest absolute Gasteiger partial charge is 0.00798 e. The molecule has 1 N–H and O–H groups in total. The molecule has 0 heterocycles. The van der Waals surface area contributed by atoms with E-state index < -0.39 is 0 Å². The molecule has 0 radical (unpaired) electrons. The van der Waals surface area contributed by atoms with Gasteiger partial charge in [-0.15, -0.1) is 0 Å². The van der Waals surface area contributed by atoms with Crippen LogP contribution in [0, 0.1) is 10.8 Å². The van der Waals surface area contributed by atoms with Crippen molar-refractivity contribution in [1.29, 1.82) is 0 Å². The van der Waals surface area contributed by atoms with Crippen molar-refractivity contribution in [2.75, 3.05) is 0 Å². The van der Waals surface area contributed by atoms with Crippen LogP contribution in [0.4, 0.5) is 0 Å². The second-order valence-corrected chi connectivity index (χ2v) is 8.47. The molecule has 2 rings (SSSR count). The Labute approximate surface area is 114 Å². The lowest BCUT2D eigenvalue weighted by molar-refractivity contribution is 0.0792. The van der Waals surface area contributed by atoms with Crippen LogP contribution < -0.4 is 5.32 Å². The van der Waals surface area contributed by atoms with Crippen LogP contribution in [0.2, 0.25) is 0 Å². The van der Waals surface area contributed by atoms with Crippen molar-refractivity contribution in [3.63, 3.8) is 0 Å². The molecule has 2 aliphatic rings. The van der Waals surface area contributed by atoms with E-state index in [1.165, 1.54) is 57.8 Å². The van der Waals surface area contributed by atoms with Gasteiger partial charge in [0, 0.05) is 12.1 Å². The number of rotatable bonds is 2. The molecular weight excluding hydrogens is 218 g/mol. The molecule has 0 bridgehead atoms. The quantitative estimate of drug-likeness (QED) is 0.688. The van der Waals surface area contributed by atoms with E-state index >= 15 is 0 Å². The third-order valence-electron chi connectivity index (χ3n) is 4.88. The summed E-state index contributed by atoms with van der Waals surface area (Å²) in [6.45, 7) is 9.82. The minimum absolute atomic E-state index is 0.518. The molecule has 0 aliphatic heterocycles. The Morgan fingerprint density at radius 1 is 0.722 bits per heavy atom. The molecule has 2 aliphatic carbocycles. The summed E-state index contributed by atoms with van der Waals surface area (Å²) in [4.78, 5) is 0. The summed E-state index contributed by atoms with van der Waals surface area (Å²) in [5.74, 6) is 0. The minimum Gasteiger partial charge on any atom is -0.311 e. The van der Waals surface area contributed by atoms with Crippen LogP contribution in [-0.2, 0) is 0 Å². The summed E-state index contributed by atoms with van der Waals surface area (Å²) in [6, 6.07) is 1.56. The van der Waals surface area contributed by atoms with E-state index in [0.717, 1.165) is 12.1 Å². The fourth-order valence-corrected chi connectivity index (χ4v) is 4.74. The fraction of sp³-hybridized carbons (Fsp3) is 1.00. The van der Waals surface area contributed by atoms with Crippen LogP contribution in [0.5, 0.6) is 0 Å². The van der Waals surface area contributed by atoms with Gasteiger partial charge in [-0.05, 0) is 42.9 Å². The number of hydrogen-bond donors (Lipinski definition) is 1. The zero-order valence-electron chi connectivity index (χ0n) is 13.0. The predicted molar refractivity (Wildman–Crippen MR) is 79.8 cm³/mol. The number of hydrogen-bond acceptors (Lipinski definition) is 1. The van der Waals surface area contributed by atoms with Gasteiger partial charge >= 0.3 is 0 Å². The molecule has 106 valence electrons. The van der Waals surface area contributed by atoms with Crippen molar-refractivity contribution in [3.05, 3.63) is 0 Å². The maximum atomic E-state index is 4.01. The van der Waals surface area contributed by atoms with E-state index in [0.29, 0.717) is 10.8 Å². The van der Waals surface area contributed by atoms with E-state index in [1.807, 2.05) is 0 Å². The highest BCUT2D eigenvalue weighted by molar-refractivity contribution is 4.93. The highest BCUT2D eigenvalue weighted by atomic mass is 15.0. The van der Waals surface area contributed by atoms with E-state index in [1.54, 1.807) is 0 Å². The first-order valence-corrected chi connectivity index (χ1v) is 8.12. The van der Waals surface area contributed by atoms with Crippen LogP contribution in [0.1, 0.15) is 85.5 Å². The van der Waals surface area contributed by atoms with E-state index in [9.17, 15) is 0 Å². The molecule has 18 heavy (non-hydrogen) atoms. The fourth-order valence-electron chi connectivity index (χ4n) is 4.74. The molecule has 1 nitrogen and oxygen atoms in total. The second-order valence-electron chi connectivity index (χ2n) is 8.47. The summed E-state index contributed by atoms with van der Waals surface area (Å²) in [7, 11) is 0. The lowest BCUT2D eigenvalue weighted by Crippen LogP contribution is -2.47. The summed E-state index contributed by atoms with van der Waals surface area (Å²) in [5, 5.41) is 4.01. The molecule has 2 fully saturated rings. The molecule has 0 amide bonds. The van der Waals surface area contributed by atoms with Crippen molar-refractivity contribution < 1.29 is 0 Å². The van der Waals surface area contributed by atoms with Crippen molar-refractivity contribution in [2.45, 2.75) is 97.6 Å². The van der Waals surface area contributed by atoms with Crippen molar-refractivity contribution in [3.8, 4) is 0 Å². The van der Waals surface area contributed by atoms with Crippen molar-refractivity contribution in [1.82, 2.24) is 5.32 Å². The Bertz CT molecular complexity index is 243. The van der Waals surface area contributed by atoms with Crippen LogP contribution in [-0.4, -0.2) is 12.1 Å². The summed E-state index contributed by atoms with van der Waals surface area (Å²) in [6.07, 6.45) is 12.7. The first-order chi connectivity index (χ1) is 8.36. The Balaban J connectivity index is 1.91.